The number of methoxy groups -OCH3 is 2. The van der Waals surface area contributed by atoms with Gasteiger partial charge in [0.25, 0.3) is 0 Å². The van der Waals surface area contributed by atoms with E-state index in [4.69, 9.17) is 14.2 Å². The summed E-state index contributed by atoms with van der Waals surface area (Å²) in [5.74, 6) is 2.21. The van der Waals surface area contributed by atoms with Crippen molar-refractivity contribution in [2.75, 3.05) is 19.5 Å². The van der Waals surface area contributed by atoms with Crippen LogP contribution in [0.15, 0.2) is 48.7 Å². The van der Waals surface area contributed by atoms with E-state index in [0.29, 0.717) is 24.1 Å². The molecule has 0 aliphatic carbocycles. The van der Waals surface area contributed by atoms with Crippen LogP contribution in [0.25, 0.3) is 0 Å². The summed E-state index contributed by atoms with van der Waals surface area (Å²) in [4.78, 5) is 12.7. The molecule has 0 saturated carbocycles. The normalized spacial score (nSPS) is 10.3. The standard InChI is InChI=1S/C19H20N4O3/c1-13-7-6-10-20-18(13)21-12-14-8-4-5-9-15(14)26-19-22-16(24-2)11-17(23-19)25-3/h4-11H,12H2,1-3H3,(H,20,21). The molecule has 2 heterocycles. The molecule has 7 nitrogen and oxygen atoms in total. The fourth-order valence-corrected chi connectivity index (χ4v) is 2.34. The molecule has 3 rings (SSSR count). The van der Waals surface area contributed by atoms with E-state index in [1.807, 2.05) is 43.3 Å². The predicted molar refractivity (Wildman–Crippen MR) is 98.0 cm³/mol. The summed E-state index contributed by atoms with van der Waals surface area (Å²) in [5.41, 5.74) is 2.02. The average molecular weight is 352 g/mol. The Morgan fingerprint density at radius 1 is 0.962 bits per heavy atom. The first kappa shape index (κ1) is 17.5. The lowest BCUT2D eigenvalue weighted by Gasteiger charge is -2.13. The highest BCUT2D eigenvalue weighted by molar-refractivity contribution is 5.45. The molecule has 0 aliphatic rings. The van der Waals surface area contributed by atoms with Crippen LogP contribution < -0.4 is 19.5 Å². The highest BCUT2D eigenvalue weighted by atomic mass is 16.5. The Labute approximate surface area is 152 Å². The lowest BCUT2D eigenvalue weighted by atomic mass is 10.2. The summed E-state index contributed by atoms with van der Waals surface area (Å²) in [5, 5.41) is 3.32. The summed E-state index contributed by atoms with van der Waals surface area (Å²) < 4.78 is 16.2. The van der Waals surface area contributed by atoms with Crippen LogP contribution in [0.1, 0.15) is 11.1 Å². The van der Waals surface area contributed by atoms with E-state index in [9.17, 15) is 0 Å². The van der Waals surface area contributed by atoms with E-state index < -0.39 is 0 Å². The number of nitrogens with one attached hydrogen (secondary N) is 1. The van der Waals surface area contributed by atoms with E-state index in [0.717, 1.165) is 16.9 Å². The molecule has 0 amide bonds. The molecule has 7 heteroatoms. The number of benzene rings is 1. The molecule has 0 saturated heterocycles. The van der Waals surface area contributed by atoms with Crippen molar-refractivity contribution in [1.29, 1.82) is 0 Å². The number of pyridine rings is 1. The monoisotopic (exact) mass is 352 g/mol. The molecule has 0 radical (unpaired) electrons. The first-order chi connectivity index (χ1) is 12.7. The minimum atomic E-state index is 0.155. The van der Waals surface area contributed by atoms with Gasteiger partial charge in [-0.25, -0.2) is 4.98 Å². The number of para-hydroxylation sites is 1. The van der Waals surface area contributed by atoms with Gasteiger partial charge in [0.05, 0.1) is 20.3 Å². The van der Waals surface area contributed by atoms with Crippen molar-refractivity contribution in [2.24, 2.45) is 0 Å². The van der Waals surface area contributed by atoms with Crippen LogP contribution in [0, 0.1) is 6.92 Å². The smallest absolute Gasteiger partial charge is 0.328 e. The first-order valence-corrected chi connectivity index (χ1v) is 8.08. The molecule has 0 spiro atoms. The highest BCUT2D eigenvalue weighted by Crippen LogP contribution is 2.27. The van der Waals surface area contributed by atoms with Crippen LogP contribution in [0.5, 0.6) is 23.5 Å². The molecule has 134 valence electrons. The minimum absolute atomic E-state index is 0.155. The van der Waals surface area contributed by atoms with Crippen molar-refractivity contribution in [3.05, 3.63) is 59.8 Å². The second-order valence-corrected chi connectivity index (χ2v) is 5.47. The quantitative estimate of drug-likeness (QED) is 0.696. The molecule has 3 aromatic rings. The van der Waals surface area contributed by atoms with Gasteiger partial charge in [-0.2, -0.15) is 9.97 Å². The lowest BCUT2D eigenvalue weighted by molar-refractivity contribution is 0.347. The molecule has 1 aromatic carbocycles. The Kier molecular flexibility index (Phi) is 5.48. The molecular weight excluding hydrogens is 332 g/mol. The maximum atomic E-state index is 5.87. The number of ether oxygens (including phenoxy) is 3. The Morgan fingerprint density at radius 2 is 1.69 bits per heavy atom. The molecule has 0 atom stereocenters. The minimum Gasteiger partial charge on any atom is -0.481 e. The Balaban J connectivity index is 1.80. The number of rotatable bonds is 7. The van der Waals surface area contributed by atoms with E-state index >= 15 is 0 Å². The largest absolute Gasteiger partial charge is 0.481 e. The number of hydrogen-bond donors (Lipinski definition) is 1. The van der Waals surface area contributed by atoms with Gasteiger partial charge in [-0.05, 0) is 24.6 Å². The Hall–Kier alpha value is -3.35. The topological polar surface area (TPSA) is 78.4 Å². The SMILES string of the molecule is COc1cc(OC)nc(Oc2ccccc2CNc2ncccc2C)n1. The molecular formula is C19H20N4O3. The van der Waals surface area contributed by atoms with Crippen molar-refractivity contribution >= 4 is 5.82 Å². The third-order valence-electron chi connectivity index (χ3n) is 3.71. The molecule has 26 heavy (non-hydrogen) atoms. The molecule has 0 aliphatic heterocycles. The van der Waals surface area contributed by atoms with Gasteiger partial charge in [0.2, 0.25) is 11.8 Å². The Morgan fingerprint density at radius 3 is 2.38 bits per heavy atom. The summed E-state index contributed by atoms with van der Waals surface area (Å²) >= 11 is 0. The van der Waals surface area contributed by atoms with Crippen LogP contribution in [0.2, 0.25) is 0 Å². The van der Waals surface area contributed by atoms with E-state index in [-0.39, 0.29) is 6.01 Å². The third-order valence-corrected chi connectivity index (χ3v) is 3.71. The molecule has 0 bridgehead atoms. The van der Waals surface area contributed by atoms with E-state index in [1.165, 1.54) is 14.2 Å². The van der Waals surface area contributed by atoms with Gasteiger partial charge in [-0.15, -0.1) is 0 Å². The summed E-state index contributed by atoms with van der Waals surface area (Å²) in [6, 6.07) is 13.3. The highest BCUT2D eigenvalue weighted by Gasteiger charge is 2.11. The number of nitrogens with zero attached hydrogens (tertiary/aromatic N) is 3. The van der Waals surface area contributed by atoms with Gasteiger partial charge in [0, 0.05) is 18.3 Å². The van der Waals surface area contributed by atoms with Crippen LogP contribution in [-0.2, 0) is 6.54 Å². The van der Waals surface area contributed by atoms with Gasteiger partial charge in [-0.1, -0.05) is 24.3 Å². The average Bonchev–Trinajstić information content (AvgIpc) is 2.68. The van der Waals surface area contributed by atoms with Crippen LogP contribution in [0.3, 0.4) is 0 Å². The molecule has 0 fully saturated rings. The predicted octanol–water partition coefficient (Wildman–Crippen LogP) is 3.60. The van der Waals surface area contributed by atoms with E-state index in [2.05, 4.69) is 20.3 Å². The van der Waals surface area contributed by atoms with Gasteiger partial charge < -0.3 is 19.5 Å². The fourth-order valence-electron chi connectivity index (χ4n) is 2.34. The van der Waals surface area contributed by atoms with Crippen molar-refractivity contribution < 1.29 is 14.2 Å². The third kappa shape index (κ3) is 4.18. The second kappa shape index (κ2) is 8.15. The first-order valence-electron chi connectivity index (χ1n) is 8.08. The van der Waals surface area contributed by atoms with Gasteiger partial charge >= 0.3 is 6.01 Å². The van der Waals surface area contributed by atoms with Crippen LogP contribution in [-0.4, -0.2) is 29.2 Å². The summed E-state index contributed by atoms with van der Waals surface area (Å²) in [7, 11) is 3.05. The zero-order valence-electron chi connectivity index (χ0n) is 14.9. The zero-order valence-corrected chi connectivity index (χ0v) is 14.9. The van der Waals surface area contributed by atoms with Crippen molar-refractivity contribution in [3.63, 3.8) is 0 Å². The number of aryl methyl sites for hydroxylation is 1. The van der Waals surface area contributed by atoms with Crippen LogP contribution in [0.4, 0.5) is 5.82 Å². The van der Waals surface area contributed by atoms with Gasteiger partial charge in [0.1, 0.15) is 11.6 Å². The Bertz CT molecular complexity index is 864. The molecule has 2 aromatic heterocycles. The number of hydrogen-bond acceptors (Lipinski definition) is 7. The maximum Gasteiger partial charge on any atom is 0.328 e. The van der Waals surface area contributed by atoms with Gasteiger partial charge in [0.15, 0.2) is 0 Å². The van der Waals surface area contributed by atoms with Crippen molar-refractivity contribution in [2.45, 2.75) is 13.5 Å². The number of aromatic nitrogens is 3. The van der Waals surface area contributed by atoms with Gasteiger partial charge in [-0.3, -0.25) is 0 Å². The maximum absolute atomic E-state index is 5.87. The molecule has 0 unspecified atom stereocenters. The van der Waals surface area contributed by atoms with Crippen LogP contribution >= 0.6 is 0 Å². The van der Waals surface area contributed by atoms with Crippen molar-refractivity contribution in [1.82, 2.24) is 15.0 Å². The number of anilines is 1. The lowest BCUT2D eigenvalue weighted by Crippen LogP contribution is -2.05. The van der Waals surface area contributed by atoms with Crippen molar-refractivity contribution in [3.8, 4) is 23.5 Å². The summed E-state index contributed by atoms with van der Waals surface area (Å²) in [6.45, 7) is 2.56. The summed E-state index contributed by atoms with van der Waals surface area (Å²) in [6.07, 6.45) is 1.76. The fraction of sp³-hybridized carbons (Fsp3) is 0.211. The second-order valence-electron chi connectivity index (χ2n) is 5.47. The zero-order chi connectivity index (χ0) is 18.4. The molecule has 1 N–H and O–H groups in total. The van der Waals surface area contributed by atoms with E-state index in [1.54, 1.807) is 12.3 Å².